The van der Waals surface area contributed by atoms with Gasteiger partial charge in [-0.25, -0.2) is 4.98 Å². The molecule has 29 heavy (non-hydrogen) atoms. The molecule has 4 rings (SSSR count). The van der Waals surface area contributed by atoms with Gasteiger partial charge in [-0.15, -0.1) is 36.2 Å². The van der Waals surface area contributed by atoms with Crippen LogP contribution in [0.4, 0.5) is 5.13 Å². The van der Waals surface area contributed by atoms with Crippen LogP contribution in [0, 0.1) is 5.92 Å². The first-order valence-electron chi connectivity index (χ1n) is 9.43. The molecule has 0 saturated carbocycles. The molecule has 2 saturated heterocycles. The molecule has 9 heteroatoms. The Bertz CT molecular complexity index is 833. The lowest BCUT2D eigenvalue weighted by molar-refractivity contribution is -0.129. The third-order valence-corrected chi connectivity index (χ3v) is 6.41. The number of nitrogens with two attached hydrogens (primary N) is 1. The molecule has 2 aliphatic rings. The van der Waals surface area contributed by atoms with E-state index in [9.17, 15) is 9.59 Å². The summed E-state index contributed by atoms with van der Waals surface area (Å²) in [6, 6.07) is 10.3. The van der Waals surface area contributed by atoms with E-state index in [2.05, 4.69) is 17.1 Å². The largest absolute Gasteiger partial charge is 0.341 e. The van der Waals surface area contributed by atoms with Gasteiger partial charge in [-0.05, 0) is 24.4 Å². The molecule has 2 atom stereocenters. The van der Waals surface area contributed by atoms with Crippen molar-refractivity contribution in [3.05, 3.63) is 47.0 Å². The molecule has 0 radical (unpaired) electrons. The Morgan fingerprint density at radius 3 is 2.62 bits per heavy atom. The Morgan fingerprint density at radius 2 is 1.97 bits per heavy atom. The normalized spacial score (nSPS) is 21.1. The molecule has 2 N–H and O–H groups in total. The number of amides is 2. The van der Waals surface area contributed by atoms with Crippen molar-refractivity contribution in [1.82, 2.24) is 9.88 Å². The number of nitrogens with zero attached hydrogens (tertiary/aromatic N) is 3. The van der Waals surface area contributed by atoms with Crippen molar-refractivity contribution in [2.24, 2.45) is 11.7 Å². The lowest BCUT2D eigenvalue weighted by Crippen LogP contribution is -2.31. The zero-order valence-electron chi connectivity index (χ0n) is 16.0. The van der Waals surface area contributed by atoms with Crippen molar-refractivity contribution in [2.75, 3.05) is 31.1 Å². The zero-order chi connectivity index (χ0) is 18.8. The van der Waals surface area contributed by atoms with E-state index < -0.39 is 0 Å². The molecule has 0 spiro atoms. The van der Waals surface area contributed by atoms with Crippen LogP contribution in [0.25, 0.3) is 0 Å². The van der Waals surface area contributed by atoms with Crippen LogP contribution < -0.4 is 10.6 Å². The van der Waals surface area contributed by atoms with Gasteiger partial charge >= 0.3 is 0 Å². The van der Waals surface area contributed by atoms with E-state index in [0.717, 1.165) is 18.7 Å². The quantitative estimate of drug-likeness (QED) is 0.749. The molecule has 2 aliphatic heterocycles. The Hall–Kier alpha value is -1.67. The van der Waals surface area contributed by atoms with E-state index in [1.807, 2.05) is 28.5 Å². The topological polar surface area (TPSA) is 79.5 Å². The molecule has 6 nitrogen and oxygen atoms in total. The second-order valence-corrected chi connectivity index (χ2v) is 8.10. The van der Waals surface area contributed by atoms with Gasteiger partial charge in [-0.2, -0.15) is 0 Å². The third-order valence-electron chi connectivity index (χ3n) is 5.50. The highest BCUT2D eigenvalue weighted by atomic mass is 35.5. The van der Waals surface area contributed by atoms with Gasteiger partial charge in [-0.3, -0.25) is 14.5 Å². The Morgan fingerprint density at radius 1 is 1.21 bits per heavy atom. The van der Waals surface area contributed by atoms with Gasteiger partial charge in [0.05, 0.1) is 12.1 Å². The summed E-state index contributed by atoms with van der Waals surface area (Å²) in [6.45, 7) is 2.69. The summed E-state index contributed by atoms with van der Waals surface area (Å²) < 4.78 is 0. The molecule has 158 valence electrons. The minimum Gasteiger partial charge on any atom is -0.341 e. The molecule has 3 heterocycles. The number of hydrogen-bond donors (Lipinski definition) is 1. The van der Waals surface area contributed by atoms with Gasteiger partial charge in [0, 0.05) is 37.4 Å². The van der Waals surface area contributed by atoms with E-state index in [4.69, 9.17) is 5.73 Å². The summed E-state index contributed by atoms with van der Waals surface area (Å²) in [7, 11) is 0. The number of anilines is 1. The van der Waals surface area contributed by atoms with Crippen molar-refractivity contribution < 1.29 is 9.59 Å². The van der Waals surface area contributed by atoms with Crippen LogP contribution in [0.5, 0.6) is 0 Å². The summed E-state index contributed by atoms with van der Waals surface area (Å²) >= 11 is 1.44. The van der Waals surface area contributed by atoms with Gasteiger partial charge in [0.15, 0.2) is 5.13 Å². The molecule has 0 aliphatic carbocycles. The maximum atomic E-state index is 12.8. The van der Waals surface area contributed by atoms with Crippen LogP contribution in [0.1, 0.15) is 30.0 Å². The zero-order valence-corrected chi connectivity index (χ0v) is 18.5. The van der Waals surface area contributed by atoms with Crippen LogP contribution >= 0.6 is 36.2 Å². The van der Waals surface area contributed by atoms with Gasteiger partial charge in [0.2, 0.25) is 11.8 Å². The van der Waals surface area contributed by atoms with Crippen molar-refractivity contribution >= 4 is 53.1 Å². The van der Waals surface area contributed by atoms with Crippen LogP contribution in [0.2, 0.25) is 0 Å². The molecule has 1 aromatic carbocycles. The fraction of sp³-hybridized carbons (Fsp3) is 0.450. The first-order chi connectivity index (χ1) is 13.2. The molecule has 0 unspecified atom stereocenters. The van der Waals surface area contributed by atoms with E-state index in [0.29, 0.717) is 31.2 Å². The second kappa shape index (κ2) is 10.4. The standard InChI is InChI=1S/C20H24N4O2S.2ClH/c21-10-15-11-23(12-17(15)14-5-2-1-3-6-14)19(26)9-16-13-27-20(22-16)24-8-4-7-18(24)25;;/h1-3,5-6,13,15,17H,4,7-12,21H2;2*1H/t15-,17+;;/m1../s1. The highest BCUT2D eigenvalue weighted by Crippen LogP contribution is 2.32. The number of thiazole rings is 1. The number of benzene rings is 1. The van der Waals surface area contributed by atoms with Gasteiger partial charge in [-0.1, -0.05) is 30.3 Å². The summed E-state index contributed by atoms with van der Waals surface area (Å²) in [4.78, 5) is 32.8. The average molecular weight is 457 g/mol. The molecule has 2 amide bonds. The SMILES string of the molecule is Cl.Cl.NC[C@@H]1CN(C(=O)Cc2csc(N3CCCC3=O)n2)C[C@H]1c1ccccc1. The number of halogens is 2. The van der Waals surface area contributed by atoms with Crippen molar-refractivity contribution in [3.8, 4) is 0 Å². The molecule has 2 fully saturated rings. The molecular formula is C20H26Cl2N4O2S. The minimum atomic E-state index is 0. The van der Waals surface area contributed by atoms with Crippen molar-refractivity contribution in [1.29, 1.82) is 0 Å². The number of hydrogen-bond acceptors (Lipinski definition) is 5. The maximum absolute atomic E-state index is 12.8. The predicted octanol–water partition coefficient (Wildman–Crippen LogP) is 2.86. The fourth-order valence-corrected chi connectivity index (χ4v) is 4.88. The summed E-state index contributed by atoms with van der Waals surface area (Å²) in [5.74, 6) is 0.771. The Balaban J connectivity index is 0.00000150. The van der Waals surface area contributed by atoms with Crippen LogP contribution in [0.3, 0.4) is 0 Å². The van der Waals surface area contributed by atoms with Gasteiger partial charge < -0.3 is 10.6 Å². The van der Waals surface area contributed by atoms with E-state index in [-0.39, 0.29) is 54.9 Å². The molecule has 0 bridgehead atoms. The van der Waals surface area contributed by atoms with E-state index >= 15 is 0 Å². The average Bonchev–Trinajstić information content (AvgIpc) is 3.41. The number of likely N-dealkylation sites (tertiary alicyclic amines) is 1. The number of aromatic nitrogens is 1. The number of rotatable bonds is 5. The number of carbonyl (C=O) groups is 2. The first kappa shape index (κ1) is 23.6. The van der Waals surface area contributed by atoms with Gasteiger partial charge in [0.1, 0.15) is 0 Å². The predicted molar refractivity (Wildman–Crippen MR) is 120 cm³/mol. The molecule has 2 aromatic rings. The van der Waals surface area contributed by atoms with Crippen molar-refractivity contribution in [2.45, 2.75) is 25.2 Å². The summed E-state index contributed by atoms with van der Waals surface area (Å²) in [5, 5.41) is 2.60. The fourth-order valence-electron chi connectivity index (χ4n) is 4.01. The monoisotopic (exact) mass is 456 g/mol. The van der Waals surface area contributed by atoms with Crippen LogP contribution in [0.15, 0.2) is 35.7 Å². The van der Waals surface area contributed by atoms with Crippen molar-refractivity contribution in [3.63, 3.8) is 0 Å². The third kappa shape index (κ3) is 5.09. The number of carbonyl (C=O) groups excluding carboxylic acids is 2. The maximum Gasteiger partial charge on any atom is 0.228 e. The lowest BCUT2D eigenvalue weighted by atomic mass is 9.89. The molecule has 1 aromatic heterocycles. The summed E-state index contributed by atoms with van der Waals surface area (Å²) in [6.07, 6.45) is 1.74. The molecular weight excluding hydrogens is 431 g/mol. The Kier molecular flexibility index (Phi) is 8.46. The van der Waals surface area contributed by atoms with E-state index in [1.54, 1.807) is 4.90 Å². The first-order valence-corrected chi connectivity index (χ1v) is 10.3. The summed E-state index contributed by atoms with van der Waals surface area (Å²) in [5.41, 5.74) is 7.96. The Labute approximate surface area is 187 Å². The van der Waals surface area contributed by atoms with Crippen LogP contribution in [-0.4, -0.2) is 47.9 Å². The second-order valence-electron chi connectivity index (χ2n) is 7.26. The van der Waals surface area contributed by atoms with Crippen LogP contribution in [-0.2, 0) is 16.0 Å². The highest BCUT2D eigenvalue weighted by Gasteiger charge is 2.35. The highest BCUT2D eigenvalue weighted by molar-refractivity contribution is 7.14. The van der Waals surface area contributed by atoms with Gasteiger partial charge in [0.25, 0.3) is 0 Å². The minimum absolute atomic E-state index is 0. The smallest absolute Gasteiger partial charge is 0.228 e. The van der Waals surface area contributed by atoms with E-state index in [1.165, 1.54) is 16.9 Å². The lowest BCUT2D eigenvalue weighted by Gasteiger charge is -2.16.